The Kier molecular flexibility index (Phi) is 12.7. The van der Waals surface area contributed by atoms with Crippen molar-refractivity contribution < 1.29 is 38.6 Å². The number of nitrogens with zero attached hydrogens (tertiary/aromatic N) is 1. The highest BCUT2D eigenvalue weighted by Crippen LogP contribution is 2.26. The summed E-state index contributed by atoms with van der Waals surface area (Å²) >= 11 is 0. The maximum atomic E-state index is 13.4. The predicted octanol–water partition coefficient (Wildman–Crippen LogP) is 1.38. The number of allylic oxidation sites excluding steroid dienone is 1. The number of unbranched alkanes of at least 4 members (excludes halogenated alkanes) is 1. The summed E-state index contributed by atoms with van der Waals surface area (Å²) in [6.45, 7) is 5.71. The molecule has 2 aliphatic heterocycles. The quantitative estimate of drug-likeness (QED) is 0.118. The van der Waals surface area contributed by atoms with Crippen molar-refractivity contribution in [2.45, 2.75) is 89.4 Å². The Morgan fingerprint density at radius 1 is 1.23 bits per heavy atom. The zero-order valence-electron chi connectivity index (χ0n) is 25.5. The lowest BCUT2D eigenvalue weighted by Crippen LogP contribution is -2.51. The number of aromatic hydroxyl groups is 1. The molecular formula is C31H43N5O8. The summed E-state index contributed by atoms with van der Waals surface area (Å²) in [7, 11) is 0. The molecule has 0 bridgehead atoms. The van der Waals surface area contributed by atoms with Gasteiger partial charge in [0.1, 0.15) is 30.5 Å². The Balaban J connectivity index is 1.62. The van der Waals surface area contributed by atoms with Gasteiger partial charge in [-0.25, -0.2) is 9.79 Å². The molecule has 3 rings (SSSR count). The molecule has 1 saturated heterocycles. The zero-order chi connectivity index (χ0) is 32.1. The summed E-state index contributed by atoms with van der Waals surface area (Å²) in [6.07, 6.45) is 5.45. The van der Waals surface area contributed by atoms with Crippen LogP contribution in [0.25, 0.3) is 0 Å². The Morgan fingerprint density at radius 3 is 2.75 bits per heavy atom. The van der Waals surface area contributed by atoms with Crippen molar-refractivity contribution in [3.63, 3.8) is 0 Å². The molecule has 1 fully saturated rings. The lowest BCUT2D eigenvalue weighted by molar-refractivity contribution is -0.154. The van der Waals surface area contributed by atoms with Crippen LogP contribution >= 0.6 is 0 Å². The number of carbonyl (C=O) groups is 5. The van der Waals surface area contributed by atoms with Gasteiger partial charge in [-0.1, -0.05) is 18.2 Å². The fourth-order valence-electron chi connectivity index (χ4n) is 4.78. The van der Waals surface area contributed by atoms with E-state index < -0.39 is 41.5 Å². The first-order valence-electron chi connectivity index (χ1n) is 15.0. The molecule has 0 radical (unpaired) electrons. The van der Waals surface area contributed by atoms with Gasteiger partial charge in [0.25, 0.3) is 5.91 Å². The summed E-state index contributed by atoms with van der Waals surface area (Å²) in [5, 5.41) is 21.1. The van der Waals surface area contributed by atoms with E-state index in [1.165, 1.54) is 12.1 Å². The van der Waals surface area contributed by atoms with Crippen LogP contribution < -0.4 is 21.3 Å². The molecule has 4 unspecified atom stereocenters. The molecule has 0 aliphatic carbocycles. The van der Waals surface area contributed by atoms with Gasteiger partial charge in [0.15, 0.2) is 5.54 Å². The molecular weight excluding hydrogens is 570 g/mol. The highest BCUT2D eigenvalue weighted by molar-refractivity contribution is 6.02. The highest BCUT2D eigenvalue weighted by atomic mass is 16.5. The maximum absolute atomic E-state index is 13.4. The second-order valence-corrected chi connectivity index (χ2v) is 11.2. The molecule has 0 saturated carbocycles. The van der Waals surface area contributed by atoms with Crippen LogP contribution in [0.1, 0.15) is 71.3 Å². The molecule has 0 spiro atoms. The molecule has 13 heteroatoms. The van der Waals surface area contributed by atoms with Crippen molar-refractivity contribution in [3.05, 3.63) is 42.0 Å². The Morgan fingerprint density at radius 2 is 2.00 bits per heavy atom. The minimum Gasteiger partial charge on any atom is -0.507 e. The topological polar surface area (TPSA) is 185 Å². The van der Waals surface area contributed by atoms with Crippen molar-refractivity contribution >= 4 is 35.5 Å². The summed E-state index contributed by atoms with van der Waals surface area (Å²) in [6, 6.07) is 4.76. The van der Waals surface area contributed by atoms with E-state index in [0.717, 1.165) is 12.8 Å². The SMILES string of the molecule is C/C=C\C(=O)NCCCCC(NC(=O)C1(C)COC(c2ccccc2O)=N1)C(=O)OC(C)CC(=O)NC1CCCCNC1=O. The Bertz CT molecular complexity index is 1270. The summed E-state index contributed by atoms with van der Waals surface area (Å²) in [4.78, 5) is 67.5. The molecule has 1 aromatic rings. The van der Waals surface area contributed by atoms with Gasteiger partial charge in [0.2, 0.25) is 23.6 Å². The van der Waals surface area contributed by atoms with E-state index in [2.05, 4.69) is 26.3 Å². The average Bonchev–Trinajstić information content (AvgIpc) is 3.27. The van der Waals surface area contributed by atoms with Gasteiger partial charge in [-0.2, -0.15) is 0 Å². The number of hydrogen-bond acceptors (Lipinski definition) is 9. The number of para-hydroxylation sites is 1. The summed E-state index contributed by atoms with van der Waals surface area (Å²) < 4.78 is 11.2. The van der Waals surface area contributed by atoms with E-state index in [-0.39, 0.29) is 42.9 Å². The van der Waals surface area contributed by atoms with E-state index in [4.69, 9.17) is 9.47 Å². The van der Waals surface area contributed by atoms with Gasteiger partial charge in [0.05, 0.1) is 12.0 Å². The van der Waals surface area contributed by atoms with Gasteiger partial charge >= 0.3 is 5.97 Å². The number of phenolic OH excluding ortho intramolecular Hbond substituents is 1. The largest absolute Gasteiger partial charge is 0.507 e. The Hall–Kier alpha value is -4.42. The number of esters is 1. The van der Waals surface area contributed by atoms with E-state index in [9.17, 15) is 29.1 Å². The molecule has 2 heterocycles. The monoisotopic (exact) mass is 613 g/mol. The van der Waals surface area contributed by atoms with Crippen LogP contribution in [0.5, 0.6) is 5.75 Å². The molecule has 1 aromatic carbocycles. The van der Waals surface area contributed by atoms with Crippen LogP contribution in [-0.2, 0) is 33.4 Å². The predicted molar refractivity (Wildman–Crippen MR) is 162 cm³/mol. The number of hydrogen-bond donors (Lipinski definition) is 5. The molecule has 5 N–H and O–H groups in total. The van der Waals surface area contributed by atoms with Crippen LogP contribution in [0.3, 0.4) is 0 Å². The van der Waals surface area contributed by atoms with Gasteiger partial charge in [0, 0.05) is 13.1 Å². The van der Waals surface area contributed by atoms with E-state index >= 15 is 0 Å². The fraction of sp³-hybridized carbons (Fsp3) is 0.548. The number of amides is 4. The number of carbonyl (C=O) groups excluding carboxylic acids is 5. The number of nitrogens with one attached hydrogen (secondary N) is 4. The standard InChI is InChI=1S/C31H43N5O8/c1-4-11-25(38)32-16-9-8-14-23(29(41)44-20(2)18-26(39)34-22-13-7-10-17-33-27(22)40)35-30(42)31(3)19-43-28(36-31)21-12-5-6-15-24(21)37/h4-6,11-12,15,20,22-23,37H,7-10,13-14,16-19H2,1-3H3,(H,32,38)(H,33,40)(H,34,39)(H,35,42)/b11-4-. The van der Waals surface area contributed by atoms with Crippen molar-refractivity contribution in [2.75, 3.05) is 19.7 Å². The first kappa shape index (κ1) is 34.1. The first-order chi connectivity index (χ1) is 21.0. The summed E-state index contributed by atoms with van der Waals surface area (Å²) in [5.74, 6) is -2.12. The number of phenols is 1. The molecule has 4 amide bonds. The van der Waals surface area contributed by atoms with Crippen LogP contribution in [0.15, 0.2) is 41.4 Å². The minimum absolute atomic E-state index is 0.0448. The van der Waals surface area contributed by atoms with Crippen LogP contribution in [-0.4, -0.2) is 84.0 Å². The fourth-order valence-corrected chi connectivity index (χ4v) is 4.78. The van der Waals surface area contributed by atoms with Gasteiger partial charge < -0.3 is 35.8 Å². The average molecular weight is 614 g/mol. The third-order valence-corrected chi connectivity index (χ3v) is 7.25. The number of rotatable bonds is 14. The Labute approximate surface area is 257 Å². The smallest absolute Gasteiger partial charge is 0.328 e. The summed E-state index contributed by atoms with van der Waals surface area (Å²) in [5.41, 5.74) is -1.03. The second-order valence-electron chi connectivity index (χ2n) is 11.2. The molecule has 13 nitrogen and oxygen atoms in total. The molecule has 4 atom stereocenters. The highest BCUT2D eigenvalue weighted by Gasteiger charge is 2.42. The van der Waals surface area contributed by atoms with Crippen LogP contribution in [0, 0.1) is 0 Å². The van der Waals surface area contributed by atoms with Crippen molar-refractivity contribution in [2.24, 2.45) is 4.99 Å². The third kappa shape index (κ3) is 10.1. The lowest BCUT2D eigenvalue weighted by Gasteiger charge is -2.24. The number of ether oxygens (including phenoxy) is 2. The number of aliphatic imine (C=N–C) groups is 1. The van der Waals surface area contributed by atoms with Gasteiger partial charge in [-0.15, -0.1) is 0 Å². The maximum Gasteiger partial charge on any atom is 0.328 e. The molecule has 240 valence electrons. The normalized spacial score (nSPS) is 21.2. The molecule has 44 heavy (non-hydrogen) atoms. The lowest BCUT2D eigenvalue weighted by atomic mass is 10.0. The second kappa shape index (κ2) is 16.4. The van der Waals surface area contributed by atoms with E-state index in [0.29, 0.717) is 37.9 Å². The minimum atomic E-state index is -1.37. The van der Waals surface area contributed by atoms with E-state index in [1.807, 2.05) is 0 Å². The molecule has 0 aromatic heterocycles. The van der Waals surface area contributed by atoms with Gasteiger partial charge in [-0.3, -0.25) is 19.2 Å². The van der Waals surface area contributed by atoms with Crippen molar-refractivity contribution in [1.29, 1.82) is 0 Å². The van der Waals surface area contributed by atoms with Crippen LogP contribution in [0.2, 0.25) is 0 Å². The van der Waals surface area contributed by atoms with Gasteiger partial charge in [-0.05, 0) is 77.5 Å². The van der Waals surface area contributed by atoms with Crippen LogP contribution in [0.4, 0.5) is 0 Å². The zero-order valence-corrected chi connectivity index (χ0v) is 25.5. The van der Waals surface area contributed by atoms with Crippen molar-refractivity contribution in [1.82, 2.24) is 21.3 Å². The van der Waals surface area contributed by atoms with Crippen molar-refractivity contribution in [3.8, 4) is 5.75 Å². The third-order valence-electron chi connectivity index (χ3n) is 7.25. The number of benzene rings is 1. The first-order valence-corrected chi connectivity index (χ1v) is 15.0. The van der Waals surface area contributed by atoms with E-state index in [1.54, 1.807) is 45.0 Å². The molecule has 2 aliphatic rings.